The summed E-state index contributed by atoms with van der Waals surface area (Å²) in [7, 11) is 0. The van der Waals surface area contributed by atoms with E-state index < -0.39 is 11.7 Å². The zero-order valence-corrected chi connectivity index (χ0v) is 15.0. The molecule has 2 aromatic heterocycles. The van der Waals surface area contributed by atoms with Crippen LogP contribution >= 0.6 is 22.9 Å². The van der Waals surface area contributed by atoms with Crippen molar-refractivity contribution in [3.05, 3.63) is 69.6 Å². The third kappa shape index (κ3) is 4.03. The van der Waals surface area contributed by atoms with E-state index in [1.54, 1.807) is 17.5 Å². The molecule has 0 saturated heterocycles. The number of carbonyl (C=O) groups excluding carboxylic acids is 1. The molecule has 4 nitrogen and oxygen atoms in total. The number of pyridine rings is 1. The standard InChI is InChI=1S/C18H15ClFN3OS/c1-11-15(25-18(23-11)14-7-2-3-9-21-14)8-10-22-17(24)16-12(19)5-4-6-13(16)20/h2-7,9H,8,10H2,1H3,(H,22,24). The molecule has 0 saturated carbocycles. The van der Waals surface area contributed by atoms with Crippen molar-refractivity contribution in [3.63, 3.8) is 0 Å². The van der Waals surface area contributed by atoms with E-state index in [-0.39, 0.29) is 10.6 Å². The summed E-state index contributed by atoms with van der Waals surface area (Å²) in [6, 6.07) is 9.85. The maximum absolute atomic E-state index is 13.7. The lowest BCUT2D eigenvalue weighted by molar-refractivity contribution is 0.0950. The van der Waals surface area contributed by atoms with Crippen LogP contribution in [0.3, 0.4) is 0 Å². The van der Waals surface area contributed by atoms with Gasteiger partial charge in [-0.25, -0.2) is 9.37 Å². The van der Waals surface area contributed by atoms with E-state index in [9.17, 15) is 9.18 Å². The Morgan fingerprint density at radius 2 is 2.12 bits per heavy atom. The van der Waals surface area contributed by atoms with Gasteiger partial charge in [0.05, 0.1) is 22.0 Å². The molecule has 0 unspecified atom stereocenters. The molecule has 1 aromatic carbocycles. The topological polar surface area (TPSA) is 54.9 Å². The molecule has 2 heterocycles. The van der Waals surface area contributed by atoms with Gasteiger partial charge in [-0.3, -0.25) is 9.78 Å². The van der Waals surface area contributed by atoms with Crippen molar-refractivity contribution < 1.29 is 9.18 Å². The minimum Gasteiger partial charge on any atom is -0.352 e. The van der Waals surface area contributed by atoms with Crippen LogP contribution in [-0.4, -0.2) is 22.4 Å². The Labute approximate surface area is 153 Å². The van der Waals surface area contributed by atoms with Crippen LogP contribution < -0.4 is 5.32 Å². The van der Waals surface area contributed by atoms with Gasteiger partial charge in [0.25, 0.3) is 5.91 Å². The highest BCUT2D eigenvalue weighted by atomic mass is 35.5. The molecule has 3 rings (SSSR count). The number of rotatable bonds is 5. The summed E-state index contributed by atoms with van der Waals surface area (Å²) in [5.41, 5.74) is 1.60. The van der Waals surface area contributed by atoms with Gasteiger partial charge in [0.2, 0.25) is 0 Å². The van der Waals surface area contributed by atoms with Crippen molar-refractivity contribution in [2.24, 2.45) is 0 Å². The second kappa shape index (κ2) is 7.72. The Kier molecular flexibility index (Phi) is 5.40. The molecule has 0 fully saturated rings. The highest BCUT2D eigenvalue weighted by molar-refractivity contribution is 7.15. The molecule has 1 N–H and O–H groups in total. The van der Waals surface area contributed by atoms with E-state index in [0.29, 0.717) is 13.0 Å². The van der Waals surface area contributed by atoms with Gasteiger partial charge in [0.1, 0.15) is 10.8 Å². The first-order chi connectivity index (χ1) is 12.1. The molecule has 1 amide bonds. The number of aryl methyl sites for hydroxylation is 1. The van der Waals surface area contributed by atoms with Crippen LogP contribution in [0.5, 0.6) is 0 Å². The van der Waals surface area contributed by atoms with Crippen LogP contribution in [0.25, 0.3) is 10.7 Å². The number of hydrogen-bond acceptors (Lipinski definition) is 4. The molecule has 0 aliphatic rings. The minimum absolute atomic E-state index is 0.101. The van der Waals surface area contributed by atoms with E-state index in [0.717, 1.165) is 21.3 Å². The number of amides is 1. The van der Waals surface area contributed by atoms with Gasteiger partial charge in [-0.2, -0.15) is 0 Å². The van der Waals surface area contributed by atoms with Crippen molar-refractivity contribution >= 4 is 28.8 Å². The fourth-order valence-electron chi connectivity index (χ4n) is 2.35. The van der Waals surface area contributed by atoms with E-state index in [2.05, 4.69) is 15.3 Å². The molecule has 3 aromatic rings. The second-order valence-corrected chi connectivity index (χ2v) is 6.84. The lowest BCUT2D eigenvalue weighted by Crippen LogP contribution is -2.26. The van der Waals surface area contributed by atoms with E-state index >= 15 is 0 Å². The normalized spacial score (nSPS) is 10.7. The minimum atomic E-state index is -0.628. The predicted octanol–water partition coefficient (Wildman–Crippen LogP) is 4.28. The summed E-state index contributed by atoms with van der Waals surface area (Å²) in [5.74, 6) is -1.15. The van der Waals surface area contributed by atoms with Gasteiger partial charge >= 0.3 is 0 Å². The summed E-state index contributed by atoms with van der Waals surface area (Å²) in [5, 5.41) is 3.65. The number of aromatic nitrogens is 2. The first-order valence-corrected chi connectivity index (χ1v) is 8.85. The summed E-state index contributed by atoms with van der Waals surface area (Å²) in [6.45, 7) is 2.29. The fraction of sp³-hybridized carbons (Fsp3) is 0.167. The van der Waals surface area contributed by atoms with Crippen LogP contribution in [0, 0.1) is 12.7 Å². The Bertz CT molecular complexity index is 878. The van der Waals surface area contributed by atoms with Crippen LogP contribution in [0.4, 0.5) is 4.39 Å². The molecule has 25 heavy (non-hydrogen) atoms. The number of benzene rings is 1. The zero-order valence-electron chi connectivity index (χ0n) is 13.4. The van der Waals surface area contributed by atoms with E-state index in [1.807, 2.05) is 25.1 Å². The van der Waals surface area contributed by atoms with Crippen LogP contribution in [-0.2, 0) is 6.42 Å². The molecule has 0 radical (unpaired) electrons. The maximum Gasteiger partial charge on any atom is 0.255 e. The number of thiazole rings is 1. The molecular weight excluding hydrogens is 361 g/mol. The number of carbonyl (C=O) groups is 1. The highest BCUT2D eigenvalue weighted by Gasteiger charge is 2.16. The lowest BCUT2D eigenvalue weighted by atomic mass is 10.2. The van der Waals surface area contributed by atoms with Crippen molar-refractivity contribution in [2.45, 2.75) is 13.3 Å². The first-order valence-electron chi connectivity index (χ1n) is 7.66. The van der Waals surface area contributed by atoms with E-state index in [4.69, 9.17) is 11.6 Å². The van der Waals surface area contributed by atoms with Crippen LogP contribution in [0.2, 0.25) is 5.02 Å². The van der Waals surface area contributed by atoms with Crippen molar-refractivity contribution in [1.29, 1.82) is 0 Å². The van der Waals surface area contributed by atoms with Gasteiger partial charge in [0.15, 0.2) is 0 Å². The Hall–Kier alpha value is -2.31. The SMILES string of the molecule is Cc1nc(-c2ccccn2)sc1CCNC(=O)c1c(F)cccc1Cl. The number of halogens is 2. The predicted molar refractivity (Wildman–Crippen MR) is 97.5 cm³/mol. The summed E-state index contributed by atoms with van der Waals surface area (Å²) in [4.78, 5) is 22.0. The fourth-order valence-corrected chi connectivity index (χ4v) is 3.64. The smallest absolute Gasteiger partial charge is 0.255 e. The quantitative estimate of drug-likeness (QED) is 0.724. The van der Waals surface area contributed by atoms with Crippen molar-refractivity contribution in [2.75, 3.05) is 6.54 Å². The van der Waals surface area contributed by atoms with Crippen molar-refractivity contribution in [3.8, 4) is 10.7 Å². The molecule has 0 aliphatic heterocycles. The number of nitrogens with one attached hydrogen (secondary N) is 1. The van der Waals surface area contributed by atoms with Crippen molar-refractivity contribution in [1.82, 2.24) is 15.3 Å². The maximum atomic E-state index is 13.7. The summed E-state index contributed by atoms with van der Waals surface area (Å²) >= 11 is 7.44. The Morgan fingerprint density at radius 1 is 1.28 bits per heavy atom. The van der Waals surface area contributed by atoms with Gasteiger partial charge < -0.3 is 5.32 Å². The molecule has 0 aliphatic carbocycles. The lowest BCUT2D eigenvalue weighted by Gasteiger charge is -2.07. The largest absolute Gasteiger partial charge is 0.352 e. The molecule has 0 spiro atoms. The third-order valence-electron chi connectivity index (χ3n) is 3.60. The van der Waals surface area contributed by atoms with Gasteiger partial charge in [-0.05, 0) is 31.2 Å². The third-order valence-corrected chi connectivity index (χ3v) is 5.16. The summed E-state index contributed by atoms with van der Waals surface area (Å²) in [6.07, 6.45) is 2.33. The van der Waals surface area contributed by atoms with Crippen LogP contribution in [0.1, 0.15) is 20.9 Å². The first kappa shape index (κ1) is 17.5. The molecule has 128 valence electrons. The Balaban J connectivity index is 1.65. The molecular formula is C18H15ClFN3OS. The average molecular weight is 376 g/mol. The average Bonchev–Trinajstić information content (AvgIpc) is 2.96. The Morgan fingerprint density at radius 3 is 2.84 bits per heavy atom. The zero-order chi connectivity index (χ0) is 17.8. The second-order valence-electron chi connectivity index (χ2n) is 5.35. The molecule has 7 heteroatoms. The van der Waals surface area contributed by atoms with Gasteiger partial charge in [0, 0.05) is 24.0 Å². The summed E-state index contributed by atoms with van der Waals surface area (Å²) < 4.78 is 13.7. The molecule has 0 bridgehead atoms. The monoisotopic (exact) mass is 375 g/mol. The molecule has 0 atom stereocenters. The van der Waals surface area contributed by atoms with Gasteiger partial charge in [-0.15, -0.1) is 11.3 Å². The number of nitrogens with zero attached hydrogens (tertiary/aromatic N) is 2. The van der Waals surface area contributed by atoms with Crippen LogP contribution in [0.15, 0.2) is 42.6 Å². The van der Waals surface area contributed by atoms with Gasteiger partial charge in [-0.1, -0.05) is 23.7 Å². The highest BCUT2D eigenvalue weighted by Crippen LogP contribution is 2.26. The van der Waals surface area contributed by atoms with E-state index in [1.165, 1.54) is 18.2 Å². The number of hydrogen-bond donors (Lipinski definition) is 1.